The first-order valence-electron chi connectivity index (χ1n) is 6.91. The minimum absolute atomic E-state index is 0.334. The van der Waals surface area contributed by atoms with Gasteiger partial charge in [-0.05, 0) is 48.3 Å². The lowest BCUT2D eigenvalue weighted by Crippen LogP contribution is -2.27. The second kappa shape index (κ2) is 4.31. The monoisotopic (exact) mass is 239 g/mol. The Morgan fingerprint density at radius 2 is 2.11 bits per heavy atom. The van der Waals surface area contributed by atoms with Crippen LogP contribution in [0.5, 0.6) is 0 Å². The third-order valence-electron chi connectivity index (χ3n) is 4.55. The lowest BCUT2D eigenvalue weighted by molar-refractivity contribution is 0.361. The van der Waals surface area contributed by atoms with Crippen LogP contribution in [-0.2, 0) is 0 Å². The molecule has 0 amide bonds. The molecule has 0 aliphatic heterocycles. The summed E-state index contributed by atoms with van der Waals surface area (Å²) in [7, 11) is 0. The van der Waals surface area contributed by atoms with E-state index in [9.17, 15) is 0 Å². The van der Waals surface area contributed by atoms with E-state index in [1.54, 1.807) is 0 Å². The summed E-state index contributed by atoms with van der Waals surface area (Å²) in [6.45, 7) is 2.40. The fraction of sp³-hybridized carbons (Fsp3) is 0.412. The highest BCUT2D eigenvalue weighted by molar-refractivity contribution is 5.47. The first-order chi connectivity index (χ1) is 8.71. The Kier molecular flexibility index (Phi) is 2.77. The van der Waals surface area contributed by atoms with Crippen molar-refractivity contribution in [3.63, 3.8) is 0 Å². The van der Waals surface area contributed by atoms with Crippen LogP contribution >= 0.6 is 0 Å². The van der Waals surface area contributed by atoms with Gasteiger partial charge in [0.15, 0.2) is 0 Å². The van der Waals surface area contributed by atoms with Gasteiger partial charge in [-0.25, -0.2) is 0 Å². The summed E-state index contributed by atoms with van der Waals surface area (Å²) in [4.78, 5) is 0. The second-order valence-corrected chi connectivity index (χ2v) is 5.86. The second-order valence-electron chi connectivity index (χ2n) is 5.86. The molecule has 3 aliphatic carbocycles. The highest BCUT2D eigenvalue weighted by atomic mass is 14.6. The van der Waals surface area contributed by atoms with Gasteiger partial charge in [0, 0.05) is 11.6 Å². The lowest BCUT2D eigenvalue weighted by Gasteiger charge is -2.39. The van der Waals surface area contributed by atoms with Crippen LogP contribution in [0.2, 0.25) is 0 Å². The molecule has 2 atom stereocenters. The summed E-state index contributed by atoms with van der Waals surface area (Å²) in [6, 6.07) is 0. The minimum Gasteiger partial charge on any atom is -0.402 e. The van der Waals surface area contributed by atoms with Crippen LogP contribution in [0.4, 0.5) is 0 Å². The molecule has 1 unspecified atom stereocenters. The maximum atomic E-state index is 6.19. The topological polar surface area (TPSA) is 26.0 Å². The highest BCUT2D eigenvalue weighted by Crippen LogP contribution is 2.47. The van der Waals surface area contributed by atoms with E-state index >= 15 is 0 Å². The third kappa shape index (κ3) is 1.78. The molecule has 0 radical (unpaired) electrons. The summed E-state index contributed by atoms with van der Waals surface area (Å²) in [6.07, 6.45) is 20.3. The Morgan fingerprint density at radius 3 is 2.94 bits per heavy atom. The molecule has 3 rings (SSSR count). The van der Waals surface area contributed by atoms with E-state index in [0.29, 0.717) is 11.3 Å². The third-order valence-corrected chi connectivity index (χ3v) is 4.55. The van der Waals surface area contributed by atoms with Gasteiger partial charge >= 0.3 is 0 Å². The average Bonchev–Trinajstić information content (AvgIpc) is 2.38. The predicted molar refractivity (Wildman–Crippen MR) is 76.8 cm³/mol. The molecule has 94 valence electrons. The molecule has 1 heteroatoms. The van der Waals surface area contributed by atoms with Crippen LogP contribution in [0.25, 0.3) is 0 Å². The maximum Gasteiger partial charge on any atom is 0.0272 e. The normalized spacial score (nSPS) is 34.5. The standard InChI is InChI=1S/C17H21N/c1-17-11-5-4-9-15(17)13(8-6-12-17)14-7-2-3-10-16(14)18/h2-4,6,8-10,14H,5,7,11-12,18H2,1H3/t14?,17-/m1/s1. The van der Waals surface area contributed by atoms with E-state index in [2.05, 4.69) is 43.4 Å². The van der Waals surface area contributed by atoms with E-state index in [1.165, 1.54) is 30.4 Å². The molecule has 0 aromatic rings. The van der Waals surface area contributed by atoms with Crippen molar-refractivity contribution in [2.24, 2.45) is 17.1 Å². The molecule has 0 saturated carbocycles. The van der Waals surface area contributed by atoms with Crippen molar-refractivity contribution in [2.45, 2.75) is 32.6 Å². The first kappa shape index (κ1) is 11.6. The fourth-order valence-corrected chi connectivity index (χ4v) is 3.39. The molecule has 0 bridgehead atoms. The van der Waals surface area contributed by atoms with E-state index in [1.807, 2.05) is 6.08 Å². The van der Waals surface area contributed by atoms with Crippen molar-refractivity contribution in [3.8, 4) is 0 Å². The Labute approximate surface area is 109 Å². The van der Waals surface area contributed by atoms with Gasteiger partial charge in [-0.3, -0.25) is 0 Å². The Balaban J connectivity index is 2.06. The van der Waals surface area contributed by atoms with Gasteiger partial charge in [0.25, 0.3) is 0 Å². The van der Waals surface area contributed by atoms with Gasteiger partial charge in [-0.15, -0.1) is 0 Å². The Bertz CT molecular complexity index is 502. The van der Waals surface area contributed by atoms with Crippen LogP contribution in [-0.4, -0.2) is 0 Å². The largest absolute Gasteiger partial charge is 0.402 e. The Hall–Kier alpha value is -1.50. The van der Waals surface area contributed by atoms with Crippen molar-refractivity contribution in [3.05, 3.63) is 59.4 Å². The first-order valence-corrected chi connectivity index (χ1v) is 6.91. The lowest BCUT2D eigenvalue weighted by atomic mass is 9.66. The van der Waals surface area contributed by atoms with Gasteiger partial charge in [-0.1, -0.05) is 43.4 Å². The molecule has 0 heterocycles. The molecule has 18 heavy (non-hydrogen) atoms. The molecular formula is C17H21N. The van der Waals surface area contributed by atoms with E-state index in [-0.39, 0.29) is 0 Å². The maximum absolute atomic E-state index is 6.19. The number of fused-ring (bicyclic) bond motifs is 1. The van der Waals surface area contributed by atoms with Crippen molar-refractivity contribution in [1.29, 1.82) is 0 Å². The zero-order valence-electron chi connectivity index (χ0n) is 11.0. The zero-order chi connectivity index (χ0) is 12.6. The number of allylic oxidation sites excluding steroid dienone is 9. The molecular weight excluding hydrogens is 218 g/mol. The molecule has 1 nitrogen and oxygen atoms in total. The number of hydrogen-bond acceptors (Lipinski definition) is 1. The number of nitrogens with two attached hydrogens (primary N) is 1. The van der Waals surface area contributed by atoms with Crippen molar-refractivity contribution in [1.82, 2.24) is 0 Å². The fourth-order valence-electron chi connectivity index (χ4n) is 3.39. The number of rotatable bonds is 1. The average molecular weight is 239 g/mol. The van der Waals surface area contributed by atoms with E-state index < -0.39 is 0 Å². The van der Waals surface area contributed by atoms with Crippen molar-refractivity contribution in [2.75, 3.05) is 0 Å². The molecule has 3 aliphatic rings. The minimum atomic E-state index is 0.334. The van der Waals surface area contributed by atoms with Gasteiger partial charge in [0.05, 0.1) is 0 Å². The predicted octanol–water partition coefficient (Wildman–Crippen LogP) is 4.02. The van der Waals surface area contributed by atoms with Crippen LogP contribution in [0, 0.1) is 11.3 Å². The summed E-state index contributed by atoms with van der Waals surface area (Å²) in [5, 5.41) is 0. The quantitative estimate of drug-likeness (QED) is 0.735. The highest BCUT2D eigenvalue weighted by Gasteiger charge is 2.34. The van der Waals surface area contributed by atoms with Gasteiger partial charge in [-0.2, -0.15) is 0 Å². The van der Waals surface area contributed by atoms with Gasteiger partial charge < -0.3 is 5.73 Å². The summed E-state index contributed by atoms with van der Waals surface area (Å²) < 4.78 is 0. The number of hydrogen-bond donors (Lipinski definition) is 1. The van der Waals surface area contributed by atoms with E-state index in [0.717, 1.165) is 12.1 Å². The van der Waals surface area contributed by atoms with Crippen LogP contribution < -0.4 is 5.73 Å². The molecule has 0 aromatic carbocycles. The summed E-state index contributed by atoms with van der Waals surface area (Å²) in [5.41, 5.74) is 10.5. The van der Waals surface area contributed by atoms with E-state index in [4.69, 9.17) is 5.73 Å². The van der Waals surface area contributed by atoms with Crippen molar-refractivity contribution >= 4 is 0 Å². The molecule has 0 aromatic heterocycles. The summed E-state index contributed by atoms with van der Waals surface area (Å²) in [5.74, 6) is 0.378. The van der Waals surface area contributed by atoms with Gasteiger partial charge in [0.2, 0.25) is 0 Å². The molecule has 0 spiro atoms. The molecule has 0 saturated heterocycles. The smallest absolute Gasteiger partial charge is 0.0272 e. The van der Waals surface area contributed by atoms with Crippen LogP contribution in [0.3, 0.4) is 0 Å². The summed E-state index contributed by atoms with van der Waals surface area (Å²) >= 11 is 0. The zero-order valence-corrected chi connectivity index (χ0v) is 11.0. The van der Waals surface area contributed by atoms with Crippen LogP contribution in [0.15, 0.2) is 59.4 Å². The molecule has 0 fully saturated rings. The van der Waals surface area contributed by atoms with Gasteiger partial charge in [0.1, 0.15) is 0 Å². The van der Waals surface area contributed by atoms with Crippen LogP contribution in [0.1, 0.15) is 32.6 Å². The Morgan fingerprint density at radius 1 is 1.22 bits per heavy atom. The van der Waals surface area contributed by atoms with Crippen molar-refractivity contribution < 1.29 is 0 Å². The SMILES string of the molecule is C[C@@]12CC=CC(C3CC=CC=C3N)=C1C=CCC2. The molecule has 2 N–H and O–H groups in total.